The van der Waals surface area contributed by atoms with E-state index in [1.54, 1.807) is 0 Å². The number of nitrogens with one attached hydrogen (secondary N) is 1. The average Bonchev–Trinajstić information content (AvgIpc) is 2.42. The Hall–Kier alpha value is -2.40. The van der Waals surface area contributed by atoms with Gasteiger partial charge in [0.25, 0.3) is 5.69 Å². The number of nitrogens with zero attached hydrogens (tertiary/aromatic N) is 1. The number of benzene rings is 2. The zero-order chi connectivity index (χ0) is 14.5. The molecule has 0 radical (unpaired) electrons. The highest BCUT2D eigenvalue weighted by molar-refractivity contribution is 6.34. The van der Waals surface area contributed by atoms with Gasteiger partial charge >= 0.3 is 0 Å². The second-order valence-corrected chi connectivity index (χ2v) is 4.54. The molecule has 0 bridgehead atoms. The van der Waals surface area contributed by atoms with Gasteiger partial charge in [0.2, 0.25) is 5.91 Å². The van der Waals surface area contributed by atoms with Crippen molar-refractivity contribution in [2.45, 2.75) is 6.42 Å². The quantitative estimate of drug-likeness (QED) is 0.692. The van der Waals surface area contributed by atoms with Crippen molar-refractivity contribution in [2.24, 2.45) is 0 Å². The Morgan fingerprint density at radius 1 is 1.20 bits per heavy atom. The first-order valence-corrected chi connectivity index (χ1v) is 6.22. The maximum absolute atomic E-state index is 11.8. The van der Waals surface area contributed by atoms with Crippen molar-refractivity contribution >= 4 is 28.9 Å². The Morgan fingerprint density at radius 2 is 1.90 bits per heavy atom. The van der Waals surface area contributed by atoms with E-state index in [0.29, 0.717) is 5.69 Å². The molecule has 0 atom stereocenters. The highest BCUT2D eigenvalue weighted by Crippen LogP contribution is 2.26. The molecule has 102 valence electrons. The van der Waals surface area contributed by atoms with Crippen molar-refractivity contribution in [3.8, 4) is 0 Å². The first kappa shape index (κ1) is 14.0. The normalized spacial score (nSPS) is 10.1. The van der Waals surface area contributed by atoms with E-state index in [4.69, 9.17) is 11.6 Å². The van der Waals surface area contributed by atoms with Gasteiger partial charge in [-0.2, -0.15) is 0 Å². The second kappa shape index (κ2) is 6.16. The van der Waals surface area contributed by atoms with Crippen molar-refractivity contribution in [3.05, 3.63) is 69.2 Å². The van der Waals surface area contributed by atoms with Crippen LogP contribution in [0.4, 0.5) is 11.4 Å². The van der Waals surface area contributed by atoms with E-state index in [0.717, 1.165) is 5.56 Å². The molecule has 0 fully saturated rings. The van der Waals surface area contributed by atoms with Gasteiger partial charge in [-0.3, -0.25) is 14.9 Å². The molecule has 20 heavy (non-hydrogen) atoms. The van der Waals surface area contributed by atoms with Crippen molar-refractivity contribution in [1.82, 2.24) is 0 Å². The fourth-order valence-corrected chi connectivity index (χ4v) is 1.92. The zero-order valence-corrected chi connectivity index (χ0v) is 11.1. The van der Waals surface area contributed by atoms with Crippen LogP contribution in [0.1, 0.15) is 5.56 Å². The van der Waals surface area contributed by atoms with E-state index < -0.39 is 4.92 Å². The van der Waals surface area contributed by atoms with Gasteiger partial charge in [0.15, 0.2) is 0 Å². The van der Waals surface area contributed by atoms with Crippen LogP contribution in [0.15, 0.2) is 48.5 Å². The monoisotopic (exact) mass is 290 g/mol. The van der Waals surface area contributed by atoms with Gasteiger partial charge in [-0.15, -0.1) is 0 Å². The standard InChI is InChI=1S/C14H11ClN2O3/c15-12-9-11(17(19)20)6-7-13(12)16-14(18)8-10-4-2-1-3-5-10/h1-7,9H,8H2,(H,16,18). The van der Waals surface area contributed by atoms with E-state index in [2.05, 4.69) is 5.32 Å². The number of hydrogen-bond donors (Lipinski definition) is 1. The summed E-state index contributed by atoms with van der Waals surface area (Å²) in [5, 5.41) is 13.4. The fourth-order valence-electron chi connectivity index (χ4n) is 1.69. The van der Waals surface area contributed by atoms with Crippen LogP contribution in [-0.4, -0.2) is 10.8 Å². The summed E-state index contributed by atoms with van der Waals surface area (Å²) in [6, 6.07) is 13.2. The highest BCUT2D eigenvalue weighted by atomic mass is 35.5. The summed E-state index contributed by atoms with van der Waals surface area (Å²) in [4.78, 5) is 21.9. The number of non-ortho nitro benzene ring substituents is 1. The molecule has 2 aromatic rings. The first-order chi connectivity index (χ1) is 9.56. The Morgan fingerprint density at radius 3 is 2.50 bits per heavy atom. The van der Waals surface area contributed by atoms with Gasteiger partial charge in [0.1, 0.15) is 0 Å². The summed E-state index contributed by atoms with van der Waals surface area (Å²) < 4.78 is 0. The van der Waals surface area contributed by atoms with E-state index in [1.807, 2.05) is 30.3 Å². The fraction of sp³-hybridized carbons (Fsp3) is 0.0714. The van der Waals surface area contributed by atoms with Crippen molar-refractivity contribution in [2.75, 3.05) is 5.32 Å². The summed E-state index contributed by atoms with van der Waals surface area (Å²) in [7, 11) is 0. The second-order valence-electron chi connectivity index (χ2n) is 4.13. The molecule has 0 saturated heterocycles. The molecular weight excluding hydrogens is 280 g/mol. The van der Waals surface area contributed by atoms with E-state index in [-0.39, 0.29) is 23.0 Å². The number of carbonyl (C=O) groups is 1. The van der Waals surface area contributed by atoms with Gasteiger partial charge < -0.3 is 5.32 Å². The first-order valence-electron chi connectivity index (χ1n) is 5.84. The van der Waals surface area contributed by atoms with Crippen LogP contribution in [0.3, 0.4) is 0 Å². The molecule has 0 heterocycles. The summed E-state index contributed by atoms with van der Waals surface area (Å²) in [6.45, 7) is 0. The third-order valence-electron chi connectivity index (χ3n) is 2.65. The molecule has 5 nitrogen and oxygen atoms in total. The van der Waals surface area contributed by atoms with Crippen LogP contribution in [0.25, 0.3) is 0 Å². The number of rotatable bonds is 4. The smallest absolute Gasteiger partial charge is 0.271 e. The molecule has 0 saturated carbocycles. The Balaban J connectivity index is 2.06. The van der Waals surface area contributed by atoms with E-state index in [1.165, 1.54) is 18.2 Å². The molecule has 0 aliphatic rings. The van der Waals surface area contributed by atoms with Crippen LogP contribution in [0.2, 0.25) is 5.02 Å². The number of carbonyl (C=O) groups excluding carboxylic acids is 1. The van der Waals surface area contributed by atoms with Crippen LogP contribution in [0, 0.1) is 10.1 Å². The maximum Gasteiger partial charge on any atom is 0.271 e. The Kier molecular flexibility index (Phi) is 4.32. The topological polar surface area (TPSA) is 72.2 Å². The Labute approximate surface area is 120 Å². The maximum atomic E-state index is 11.8. The van der Waals surface area contributed by atoms with Crippen LogP contribution < -0.4 is 5.32 Å². The Bertz CT molecular complexity index is 644. The van der Waals surface area contributed by atoms with Crippen LogP contribution >= 0.6 is 11.6 Å². The average molecular weight is 291 g/mol. The molecule has 1 amide bonds. The molecule has 0 aromatic heterocycles. The highest BCUT2D eigenvalue weighted by Gasteiger charge is 2.11. The van der Waals surface area contributed by atoms with Crippen molar-refractivity contribution in [3.63, 3.8) is 0 Å². The minimum absolute atomic E-state index is 0.115. The van der Waals surface area contributed by atoms with Gasteiger partial charge in [-0.05, 0) is 11.6 Å². The number of anilines is 1. The molecule has 2 rings (SSSR count). The van der Waals surface area contributed by atoms with Crippen LogP contribution in [-0.2, 0) is 11.2 Å². The predicted molar refractivity (Wildman–Crippen MR) is 76.9 cm³/mol. The lowest BCUT2D eigenvalue weighted by Gasteiger charge is -2.07. The van der Waals surface area contributed by atoms with Crippen molar-refractivity contribution < 1.29 is 9.72 Å². The lowest BCUT2D eigenvalue weighted by molar-refractivity contribution is -0.384. The van der Waals surface area contributed by atoms with E-state index >= 15 is 0 Å². The molecule has 2 aromatic carbocycles. The zero-order valence-electron chi connectivity index (χ0n) is 10.4. The third kappa shape index (κ3) is 3.55. The van der Waals surface area contributed by atoms with Crippen LogP contribution in [0.5, 0.6) is 0 Å². The molecule has 0 aliphatic heterocycles. The summed E-state index contributed by atoms with van der Waals surface area (Å²) in [5.41, 5.74) is 1.12. The number of hydrogen-bond acceptors (Lipinski definition) is 3. The number of amides is 1. The molecule has 6 heteroatoms. The largest absolute Gasteiger partial charge is 0.324 e. The molecule has 1 N–H and O–H groups in total. The van der Waals surface area contributed by atoms with Gasteiger partial charge in [-0.25, -0.2) is 0 Å². The lowest BCUT2D eigenvalue weighted by Crippen LogP contribution is -2.14. The number of nitro groups is 1. The molecular formula is C14H11ClN2O3. The summed E-state index contributed by atoms with van der Waals surface area (Å²) in [5.74, 6) is -0.230. The number of halogens is 1. The number of nitro benzene ring substituents is 1. The SMILES string of the molecule is O=C(Cc1ccccc1)Nc1ccc([N+](=O)[O-])cc1Cl. The lowest BCUT2D eigenvalue weighted by atomic mass is 10.1. The predicted octanol–water partition coefficient (Wildman–Crippen LogP) is 3.43. The van der Waals surface area contributed by atoms with Gasteiger partial charge in [0.05, 0.1) is 22.1 Å². The third-order valence-corrected chi connectivity index (χ3v) is 2.96. The minimum Gasteiger partial charge on any atom is -0.324 e. The molecule has 0 spiro atoms. The van der Waals surface area contributed by atoms with Gasteiger partial charge in [-0.1, -0.05) is 41.9 Å². The summed E-state index contributed by atoms with van der Waals surface area (Å²) >= 11 is 5.90. The van der Waals surface area contributed by atoms with Crippen molar-refractivity contribution in [1.29, 1.82) is 0 Å². The molecule has 0 aliphatic carbocycles. The molecule has 0 unspecified atom stereocenters. The van der Waals surface area contributed by atoms with Gasteiger partial charge in [0, 0.05) is 12.1 Å². The summed E-state index contributed by atoms with van der Waals surface area (Å²) in [6.07, 6.45) is 0.216. The minimum atomic E-state index is -0.540. The van der Waals surface area contributed by atoms with E-state index in [9.17, 15) is 14.9 Å².